The zero-order valence-corrected chi connectivity index (χ0v) is 12.9. The Labute approximate surface area is 121 Å². The molecule has 0 spiro atoms. The molecule has 1 aromatic carbocycles. The number of aromatic nitrogens is 1. The summed E-state index contributed by atoms with van der Waals surface area (Å²) < 4.78 is 1.46. The Hall–Kier alpha value is -0.580. The van der Waals surface area contributed by atoms with Gasteiger partial charge in [0.15, 0.2) is 0 Å². The Morgan fingerprint density at radius 1 is 1.24 bits per heavy atom. The van der Waals surface area contributed by atoms with Gasteiger partial charge in [0.05, 0.1) is 11.4 Å². The predicted molar refractivity (Wildman–Crippen MR) is 79.2 cm³/mol. The van der Waals surface area contributed by atoms with E-state index in [9.17, 15) is 0 Å². The molecule has 0 aliphatic rings. The molecule has 2 rings (SSSR count). The molecule has 2 aromatic rings. The Morgan fingerprint density at radius 2 is 1.88 bits per heavy atom. The smallest absolute Gasteiger partial charge is 0.130 e. The van der Waals surface area contributed by atoms with E-state index in [0.29, 0.717) is 15.3 Å². The molecule has 0 fully saturated rings. The van der Waals surface area contributed by atoms with Gasteiger partial charge in [-0.15, -0.1) is 0 Å². The fourth-order valence-electron chi connectivity index (χ4n) is 1.55. The second kappa shape index (κ2) is 4.96. The van der Waals surface area contributed by atoms with Gasteiger partial charge in [0, 0.05) is 15.1 Å². The summed E-state index contributed by atoms with van der Waals surface area (Å²) >= 11 is 13.0. The Kier molecular flexibility index (Phi) is 3.76. The molecule has 0 saturated heterocycles. The molecule has 5 heteroatoms. The number of nitrogens with zero attached hydrogens (tertiary/aromatic N) is 1. The van der Waals surface area contributed by atoms with Crippen molar-refractivity contribution in [2.24, 2.45) is 0 Å². The van der Waals surface area contributed by atoms with Crippen molar-refractivity contribution in [3.63, 3.8) is 0 Å². The number of rotatable bonds is 1. The van der Waals surface area contributed by atoms with Crippen molar-refractivity contribution in [1.82, 2.24) is 4.98 Å². The van der Waals surface area contributed by atoms with Crippen LogP contribution in [0.25, 0.3) is 11.3 Å². The van der Waals surface area contributed by atoms with Gasteiger partial charge in [-0.05, 0) is 50.4 Å². The topological polar surface area (TPSA) is 38.9 Å². The minimum absolute atomic E-state index is 0.596. The number of nitrogens with two attached hydrogens (primary N) is 1. The summed E-state index contributed by atoms with van der Waals surface area (Å²) in [7, 11) is 0. The molecular weight excluding hydrogens is 367 g/mol. The van der Waals surface area contributed by atoms with Crippen molar-refractivity contribution >= 4 is 49.1 Å². The van der Waals surface area contributed by atoms with Crippen LogP contribution in [0.15, 0.2) is 33.3 Å². The Bertz CT molecular complexity index is 585. The normalized spacial score (nSPS) is 10.6. The highest BCUT2D eigenvalue weighted by Gasteiger charge is 2.14. The summed E-state index contributed by atoms with van der Waals surface area (Å²) in [6.07, 6.45) is 0. The van der Waals surface area contributed by atoms with Crippen LogP contribution in [0.5, 0.6) is 0 Å². The van der Waals surface area contributed by atoms with Crippen LogP contribution in [0, 0.1) is 6.92 Å². The highest BCUT2D eigenvalue weighted by atomic mass is 79.9. The lowest BCUT2D eigenvalue weighted by atomic mass is 10.1. The van der Waals surface area contributed by atoms with Gasteiger partial charge in [-0.2, -0.15) is 0 Å². The molecule has 2 nitrogen and oxygen atoms in total. The molecule has 0 atom stereocenters. The van der Waals surface area contributed by atoms with E-state index in [2.05, 4.69) is 36.8 Å². The fourth-order valence-corrected chi connectivity index (χ4v) is 2.80. The molecule has 0 saturated carbocycles. The van der Waals surface area contributed by atoms with Crippen LogP contribution < -0.4 is 5.73 Å². The molecule has 88 valence electrons. The molecule has 2 N–H and O–H groups in total. The van der Waals surface area contributed by atoms with Crippen LogP contribution in [0.3, 0.4) is 0 Å². The van der Waals surface area contributed by atoms with Gasteiger partial charge in [-0.3, -0.25) is 0 Å². The van der Waals surface area contributed by atoms with Crippen LogP contribution in [-0.4, -0.2) is 4.98 Å². The number of benzene rings is 1. The molecule has 0 unspecified atom stereocenters. The Balaban J connectivity index is 2.73. The number of hydrogen-bond acceptors (Lipinski definition) is 2. The summed E-state index contributed by atoms with van der Waals surface area (Å²) in [5.41, 5.74) is 9.16. The second-order valence-corrected chi connectivity index (χ2v) is 5.54. The number of anilines is 1. The van der Waals surface area contributed by atoms with Gasteiger partial charge in [0.25, 0.3) is 0 Å². The second-order valence-electron chi connectivity index (χ2n) is 3.58. The number of hydrogen-bond donors (Lipinski definition) is 1. The van der Waals surface area contributed by atoms with E-state index in [4.69, 9.17) is 17.3 Å². The van der Waals surface area contributed by atoms with Gasteiger partial charge >= 0.3 is 0 Å². The molecule has 0 amide bonds. The molecule has 1 aromatic heterocycles. The zero-order valence-electron chi connectivity index (χ0n) is 8.97. The maximum atomic E-state index is 6.17. The lowest BCUT2D eigenvalue weighted by Gasteiger charge is -2.12. The maximum absolute atomic E-state index is 6.17. The van der Waals surface area contributed by atoms with Crippen LogP contribution in [-0.2, 0) is 0 Å². The summed E-state index contributed by atoms with van der Waals surface area (Å²) in [5, 5.41) is 0.673. The van der Waals surface area contributed by atoms with E-state index >= 15 is 0 Å². The third-order valence-electron chi connectivity index (χ3n) is 2.48. The van der Waals surface area contributed by atoms with Crippen LogP contribution >= 0.6 is 43.5 Å². The SMILES string of the molecule is Cc1c(-c2ccccc2Cl)nc(Br)c(N)c1Br. The molecular formula is C12H9Br2ClN2. The highest BCUT2D eigenvalue weighted by molar-refractivity contribution is 9.11. The third kappa shape index (κ3) is 2.34. The van der Waals surface area contributed by atoms with Crippen LogP contribution in [0.1, 0.15) is 5.56 Å². The van der Waals surface area contributed by atoms with Gasteiger partial charge in [0.1, 0.15) is 4.60 Å². The minimum atomic E-state index is 0.596. The maximum Gasteiger partial charge on any atom is 0.130 e. The van der Waals surface area contributed by atoms with Gasteiger partial charge in [-0.25, -0.2) is 4.98 Å². The van der Waals surface area contributed by atoms with Gasteiger partial charge in [-0.1, -0.05) is 29.8 Å². The van der Waals surface area contributed by atoms with Crippen molar-refractivity contribution in [2.45, 2.75) is 6.92 Å². The van der Waals surface area contributed by atoms with Crippen LogP contribution in [0.4, 0.5) is 5.69 Å². The zero-order chi connectivity index (χ0) is 12.6. The van der Waals surface area contributed by atoms with E-state index in [1.165, 1.54) is 0 Å². The van der Waals surface area contributed by atoms with Crippen molar-refractivity contribution in [2.75, 3.05) is 5.73 Å². The highest BCUT2D eigenvalue weighted by Crippen LogP contribution is 2.37. The van der Waals surface area contributed by atoms with E-state index in [-0.39, 0.29) is 0 Å². The van der Waals surface area contributed by atoms with Crippen LogP contribution in [0.2, 0.25) is 5.02 Å². The Morgan fingerprint density at radius 3 is 2.53 bits per heavy atom. The molecule has 1 heterocycles. The number of halogens is 3. The van der Waals surface area contributed by atoms with E-state index in [1.54, 1.807) is 0 Å². The minimum Gasteiger partial charge on any atom is -0.396 e. The summed E-state index contributed by atoms with van der Waals surface area (Å²) in [5.74, 6) is 0. The third-order valence-corrected chi connectivity index (χ3v) is 4.44. The molecule has 0 aliphatic heterocycles. The fraction of sp³-hybridized carbons (Fsp3) is 0.0833. The monoisotopic (exact) mass is 374 g/mol. The van der Waals surface area contributed by atoms with E-state index in [1.807, 2.05) is 31.2 Å². The number of nitrogen functional groups attached to an aromatic ring is 1. The average molecular weight is 376 g/mol. The lowest BCUT2D eigenvalue weighted by Crippen LogP contribution is -1.98. The first-order valence-electron chi connectivity index (χ1n) is 4.88. The van der Waals surface area contributed by atoms with Gasteiger partial charge < -0.3 is 5.73 Å². The van der Waals surface area contributed by atoms with Crippen molar-refractivity contribution < 1.29 is 0 Å². The van der Waals surface area contributed by atoms with Crippen molar-refractivity contribution in [3.8, 4) is 11.3 Å². The summed E-state index contributed by atoms with van der Waals surface area (Å²) in [6, 6.07) is 7.60. The summed E-state index contributed by atoms with van der Waals surface area (Å²) in [6.45, 7) is 1.96. The molecule has 0 radical (unpaired) electrons. The molecule has 0 bridgehead atoms. The first-order chi connectivity index (χ1) is 8.02. The quantitative estimate of drug-likeness (QED) is 0.725. The standard InChI is InChI=1S/C12H9Br2ClN2/c1-6-9(13)10(16)12(14)17-11(6)7-4-2-3-5-8(7)15/h2-5H,16H2,1H3. The van der Waals surface area contributed by atoms with Gasteiger partial charge in [0.2, 0.25) is 0 Å². The first kappa shape index (κ1) is 12.9. The van der Waals surface area contributed by atoms with Crippen molar-refractivity contribution in [3.05, 3.63) is 43.9 Å². The summed E-state index contributed by atoms with van der Waals surface area (Å²) in [4.78, 5) is 4.44. The largest absolute Gasteiger partial charge is 0.396 e. The molecule has 0 aliphatic carbocycles. The average Bonchev–Trinajstić information content (AvgIpc) is 2.32. The number of pyridine rings is 1. The van der Waals surface area contributed by atoms with E-state index < -0.39 is 0 Å². The predicted octanol–water partition coefficient (Wildman–Crippen LogP) is 4.82. The van der Waals surface area contributed by atoms with Crippen molar-refractivity contribution in [1.29, 1.82) is 0 Å². The van der Waals surface area contributed by atoms with E-state index in [0.717, 1.165) is 21.3 Å². The first-order valence-corrected chi connectivity index (χ1v) is 6.84. The molecule has 17 heavy (non-hydrogen) atoms. The lowest BCUT2D eigenvalue weighted by molar-refractivity contribution is 1.22.